The summed E-state index contributed by atoms with van der Waals surface area (Å²) < 4.78 is 40.2. The number of rotatable bonds is 4. The zero-order valence-electron chi connectivity index (χ0n) is 14.6. The number of anilines is 1. The van der Waals surface area contributed by atoms with Gasteiger partial charge in [-0.2, -0.15) is 0 Å². The maximum Gasteiger partial charge on any atom is 0.573 e. The van der Waals surface area contributed by atoms with Crippen LogP contribution in [0.3, 0.4) is 0 Å². The number of pyridine rings is 1. The van der Waals surface area contributed by atoms with Crippen LogP contribution >= 0.6 is 0 Å². The Labute approximate surface area is 157 Å². The van der Waals surface area contributed by atoms with Crippen molar-refractivity contribution in [1.82, 2.24) is 4.98 Å². The van der Waals surface area contributed by atoms with E-state index in [1.54, 1.807) is 6.07 Å². The summed E-state index contributed by atoms with van der Waals surface area (Å²) in [4.78, 5) is 27.2. The summed E-state index contributed by atoms with van der Waals surface area (Å²) in [6, 6.07) is 15.1. The molecule has 0 spiro atoms. The van der Waals surface area contributed by atoms with Gasteiger partial charge in [0.2, 0.25) is 0 Å². The molecule has 0 aliphatic carbocycles. The Morgan fingerprint density at radius 2 is 1.61 bits per heavy atom. The van der Waals surface area contributed by atoms with Gasteiger partial charge >= 0.3 is 6.36 Å². The quantitative estimate of drug-likeness (QED) is 0.691. The van der Waals surface area contributed by atoms with Crippen LogP contribution in [0.4, 0.5) is 18.9 Å². The van der Waals surface area contributed by atoms with Crippen molar-refractivity contribution in [1.29, 1.82) is 0 Å². The van der Waals surface area contributed by atoms with E-state index in [1.807, 2.05) is 31.2 Å². The Bertz CT molecular complexity index is 1040. The molecule has 0 fully saturated rings. The molecule has 0 saturated carbocycles. The van der Waals surface area contributed by atoms with Crippen molar-refractivity contribution in [3.05, 3.63) is 82.1 Å². The third kappa shape index (κ3) is 4.79. The van der Waals surface area contributed by atoms with Crippen LogP contribution in [0.15, 0.2) is 65.5 Å². The summed E-state index contributed by atoms with van der Waals surface area (Å²) in [5, 5.41) is 2.46. The monoisotopic (exact) mass is 388 g/mol. The fraction of sp³-hybridized carbons (Fsp3) is 0.100. The predicted molar refractivity (Wildman–Crippen MR) is 98.3 cm³/mol. The van der Waals surface area contributed by atoms with Crippen molar-refractivity contribution in [2.24, 2.45) is 0 Å². The lowest BCUT2D eigenvalue weighted by Gasteiger charge is -2.10. The first-order chi connectivity index (χ1) is 13.2. The average Bonchev–Trinajstić information content (AvgIpc) is 2.62. The normalized spacial score (nSPS) is 11.1. The second kappa shape index (κ2) is 7.59. The van der Waals surface area contributed by atoms with Crippen molar-refractivity contribution < 1.29 is 22.7 Å². The van der Waals surface area contributed by atoms with E-state index < -0.39 is 23.6 Å². The Hall–Kier alpha value is -3.55. The zero-order valence-corrected chi connectivity index (χ0v) is 14.6. The average molecular weight is 388 g/mol. The lowest BCUT2D eigenvalue weighted by atomic mass is 10.1. The Morgan fingerprint density at radius 1 is 0.964 bits per heavy atom. The summed E-state index contributed by atoms with van der Waals surface area (Å²) in [5.74, 6) is -1.09. The number of amides is 1. The summed E-state index contributed by atoms with van der Waals surface area (Å²) >= 11 is 0. The van der Waals surface area contributed by atoms with Crippen LogP contribution in [0, 0.1) is 6.92 Å². The van der Waals surface area contributed by atoms with Crippen molar-refractivity contribution in [2.45, 2.75) is 13.3 Å². The number of aromatic amines is 1. The number of alkyl halides is 3. The summed E-state index contributed by atoms with van der Waals surface area (Å²) in [6.45, 7) is 1.95. The first-order valence-corrected chi connectivity index (χ1v) is 8.19. The predicted octanol–water partition coefficient (Wildman–Crippen LogP) is 4.50. The van der Waals surface area contributed by atoms with Crippen LogP contribution in [0.25, 0.3) is 11.3 Å². The number of halogens is 3. The molecular weight excluding hydrogens is 373 g/mol. The van der Waals surface area contributed by atoms with Gasteiger partial charge in [-0.05, 0) is 48.9 Å². The van der Waals surface area contributed by atoms with E-state index in [0.29, 0.717) is 5.69 Å². The van der Waals surface area contributed by atoms with Gasteiger partial charge < -0.3 is 15.0 Å². The second-order valence-corrected chi connectivity index (χ2v) is 6.01. The SMILES string of the molecule is Cc1ccc(-c2ccc(C(=O)Nc3ccc(OC(F)(F)F)cc3)c(=O)[nH]2)cc1. The molecule has 3 aromatic rings. The van der Waals surface area contributed by atoms with Gasteiger partial charge in [0, 0.05) is 11.4 Å². The largest absolute Gasteiger partial charge is 0.573 e. The van der Waals surface area contributed by atoms with E-state index in [1.165, 1.54) is 18.2 Å². The highest BCUT2D eigenvalue weighted by molar-refractivity contribution is 6.04. The van der Waals surface area contributed by atoms with E-state index in [0.717, 1.165) is 23.3 Å². The van der Waals surface area contributed by atoms with Crippen molar-refractivity contribution in [3.8, 4) is 17.0 Å². The van der Waals surface area contributed by atoms with Gasteiger partial charge in [-0.1, -0.05) is 29.8 Å². The third-order valence-corrected chi connectivity index (χ3v) is 3.86. The molecule has 0 aliphatic heterocycles. The van der Waals surface area contributed by atoms with Crippen molar-refractivity contribution in [3.63, 3.8) is 0 Å². The van der Waals surface area contributed by atoms with Crippen molar-refractivity contribution >= 4 is 11.6 Å². The number of carbonyl (C=O) groups excluding carboxylic acids is 1. The molecule has 2 aromatic carbocycles. The molecule has 3 rings (SSSR count). The van der Waals surface area contributed by atoms with Gasteiger partial charge in [0.25, 0.3) is 11.5 Å². The maximum atomic E-state index is 12.3. The minimum Gasteiger partial charge on any atom is -0.406 e. The van der Waals surface area contributed by atoms with Gasteiger partial charge in [-0.3, -0.25) is 9.59 Å². The number of H-pyrrole nitrogens is 1. The number of aromatic nitrogens is 1. The maximum absolute atomic E-state index is 12.3. The van der Waals surface area contributed by atoms with Gasteiger partial charge in [0.15, 0.2) is 0 Å². The minimum absolute atomic E-state index is 0.119. The van der Waals surface area contributed by atoms with Crippen LogP contribution < -0.4 is 15.6 Å². The molecule has 0 radical (unpaired) electrons. The van der Waals surface area contributed by atoms with Gasteiger partial charge in [-0.15, -0.1) is 13.2 Å². The van der Waals surface area contributed by atoms with E-state index in [9.17, 15) is 22.8 Å². The van der Waals surface area contributed by atoms with Crippen LogP contribution in [-0.4, -0.2) is 17.3 Å². The first-order valence-electron chi connectivity index (χ1n) is 8.19. The molecule has 0 saturated heterocycles. The molecule has 144 valence electrons. The topological polar surface area (TPSA) is 71.2 Å². The van der Waals surface area contributed by atoms with Crippen molar-refractivity contribution in [2.75, 3.05) is 5.32 Å². The number of aryl methyl sites for hydroxylation is 1. The van der Waals surface area contributed by atoms with Crippen LogP contribution in [-0.2, 0) is 0 Å². The zero-order chi connectivity index (χ0) is 20.3. The van der Waals surface area contributed by atoms with Gasteiger partial charge in [0.05, 0.1) is 0 Å². The molecule has 1 amide bonds. The summed E-state index contributed by atoms with van der Waals surface area (Å²) in [5.41, 5.74) is 1.97. The lowest BCUT2D eigenvalue weighted by Crippen LogP contribution is -2.23. The highest BCUT2D eigenvalue weighted by Gasteiger charge is 2.31. The molecule has 0 unspecified atom stereocenters. The van der Waals surface area contributed by atoms with E-state index >= 15 is 0 Å². The molecule has 0 bridgehead atoms. The molecule has 28 heavy (non-hydrogen) atoms. The van der Waals surface area contributed by atoms with E-state index in [2.05, 4.69) is 15.0 Å². The summed E-state index contributed by atoms with van der Waals surface area (Å²) in [6.07, 6.45) is -4.79. The van der Waals surface area contributed by atoms with Gasteiger partial charge in [0.1, 0.15) is 11.3 Å². The minimum atomic E-state index is -4.79. The standard InChI is InChI=1S/C20H15F3N2O3/c1-12-2-4-13(5-3-12)17-11-10-16(19(27)25-17)18(26)24-14-6-8-15(9-7-14)28-20(21,22)23/h2-11H,1H3,(H,24,26)(H,25,27). The highest BCUT2D eigenvalue weighted by Crippen LogP contribution is 2.24. The number of hydrogen-bond acceptors (Lipinski definition) is 3. The molecular formula is C20H15F3N2O3. The fourth-order valence-electron chi connectivity index (χ4n) is 2.49. The van der Waals surface area contributed by atoms with Gasteiger partial charge in [-0.25, -0.2) is 0 Å². The molecule has 5 nitrogen and oxygen atoms in total. The smallest absolute Gasteiger partial charge is 0.406 e. The third-order valence-electron chi connectivity index (χ3n) is 3.86. The number of nitrogens with one attached hydrogen (secondary N) is 2. The highest BCUT2D eigenvalue weighted by atomic mass is 19.4. The van der Waals surface area contributed by atoms with E-state index in [-0.39, 0.29) is 11.3 Å². The molecule has 1 heterocycles. The summed E-state index contributed by atoms with van der Waals surface area (Å²) in [7, 11) is 0. The lowest BCUT2D eigenvalue weighted by molar-refractivity contribution is -0.274. The molecule has 0 aliphatic rings. The van der Waals surface area contributed by atoms with E-state index in [4.69, 9.17) is 0 Å². The molecule has 2 N–H and O–H groups in total. The molecule has 0 atom stereocenters. The number of hydrogen-bond donors (Lipinski definition) is 2. The molecule has 1 aromatic heterocycles. The Morgan fingerprint density at radius 3 is 2.18 bits per heavy atom. The number of ether oxygens (including phenoxy) is 1. The van der Waals surface area contributed by atoms with Crippen LogP contribution in [0.2, 0.25) is 0 Å². The fourth-order valence-corrected chi connectivity index (χ4v) is 2.49. The Balaban J connectivity index is 1.74. The number of benzene rings is 2. The van der Waals surface area contributed by atoms with Crippen LogP contribution in [0.1, 0.15) is 15.9 Å². The number of carbonyl (C=O) groups is 1. The Kier molecular flexibility index (Phi) is 5.21. The first kappa shape index (κ1) is 19.2. The molecule has 8 heteroatoms. The van der Waals surface area contributed by atoms with Crippen LogP contribution in [0.5, 0.6) is 5.75 Å². The second-order valence-electron chi connectivity index (χ2n) is 6.01.